The van der Waals surface area contributed by atoms with Crippen LogP contribution in [0.1, 0.15) is 0 Å². The van der Waals surface area contributed by atoms with Crippen molar-refractivity contribution in [3.05, 3.63) is 53.6 Å². The number of hydrogen-bond acceptors (Lipinski definition) is 5. The first-order chi connectivity index (χ1) is 14.1. The minimum atomic E-state index is -0.637. The highest BCUT2D eigenvalue weighted by Crippen LogP contribution is 2.31. The minimum Gasteiger partial charge on any atom is -0.485 e. The Morgan fingerprint density at radius 3 is 2.55 bits per heavy atom. The predicted octanol–water partition coefficient (Wildman–Crippen LogP) is 2.26. The van der Waals surface area contributed by atoms with Crippen molar-refractivity contribution >= 4 is 29.1 Å². The average Bonchev–Trinajstić information content (AvgIpc) is 2.73. The second kappa shape index (κ2) is 8.71. The molecule has 0 unspecified atom stereocenters. The number of hydrogen-bond donors (Lipinski definition) is 1. The van der Waals surface area contributed by atoms with E-state index in [1.54, 1.807) is 35.2 Å². The lowest BCUT2D eigenvalue weighted by atomic mass is 10.2. The Kier molecular flexibility index (Phi) is 5.87. The van der Waals surface area contributed by atoms with Crippen LogP contribution in [-0.2, 0) is 9.59 Å². The Hall–Kier alpha value is -2.77. The van der Waals surface area contributed by atoms with Crippen molar-refractivity contribution in [2.75, 3.05) is 44.6 Å². The van der Waals surface area contributed by atoms with Gasteiger partial charge in [0.25, 0.3) is 5.91 Å². The number of halogens is 1. The molecule has 7 nitrogen and oxygen atoms in total. The molecule has 4 rings (SSSR count). The van der Waals surface area contributed by atoms with Crippen molar-refractivity contribution in [2.24, 2.45) is 0 Å². The van der Waals surface area contributed by atoms with E-state index in [9.17, 15) is 9.59 Å². The van der Waals surface area contributed by atoms with Gasteiger partial charge < -0.3 is 19.7 Å². The van der Waals surface area contributed by atoms with Crippen LogP contribution in [0.2, 0.25) is 5.02 Å². The lowest BCUT2D eigenvalue weighted by Crippen LogP contribution is -2.54. The molecular weight excluding hydrogens is 394 g/mol. The highest BCUT2D eigenvalue weighted by atomic mass is 35.5. The molecule has 2 aliphatic heterocycles. The largest absolute Gasteiger partial charge is 0.485 e. The molecule has 0 bridgehead atoms. The van der Waals surface area contributed by atoms with Gasteiger partial charge >= 0.3 is 0 Å². The first kappa shape index (κ1) is 19.5. The normalized spacial score (nSPS) is 18.9. The fourth-order valence-corrected chi connectivity index (χ4v) is 3.63. The molecular formula is C21H22ClN3O4. The molecule has 152 valence electrons. The maximum atomic E-state index is 12.8. The summed E-state index contributed by atoms with van der Waals surface area (Å²) < 4.78 is 11.5. The summed E-state index contributed by atoms with van der Waals surface area (Å²) >= 11 is 5.94. The highest BCUT2D eigenvalue weighted by Gasteiger charge is 2.32. The standard InChI is InChI=1S/C21H22ClN3O4/c22-15-4-3-5-16(12-15)23-20(26)13-24-8-10-25(11-9-24)21(27)19-14-28-17-6-1-2-7-18(17)29-19/h1-7,12,19H,8-11,13-14H2,(H,23,26)/t19-/m0/s1. The molecule has 0 aliphatic carbocycles. The zero-order chi connectivity index (χ0) is 20.2. The van der Waals surface area contributed by atoms with Gasteiger partial charge in [-0.15, -0.1) is 0 Å². The van der Waals surface area contributed by atoms with Gasteiger partial charge in [-0.05, 0) is 30.3 Å². The van der Waals surface area contributed by atoms with Crippen LogP contribution in [0, 0.1) is 0 Å². The van der Waals surface area contributed by atoms with Gasteiger partial charge in [0.2, 0.25) is 12.0 Å². The van der Waals surface area contributed by atoms with Crippen LogP contribution in [0.4, 0.5) is 5.69 Å². The summed E-state index contributed by atoms with van der Waals surface area (Å²) in [5.41, 5.74) is 0.672. The van der Waals surface area contributed by atoms with E-state index in [-0.39, 0.29) is 25.0 Å². The second-order valence-electron chi connectivity index (χ2n) is 7.02. The van der Waals surface area contributed by atoms with Gasteiger partial charge in [-0.2, -0.15) is 0 Å². The van der Waals surface area contributed by atoms with Gasteiger partial charge in [-0.3, -0.25) is 14.5 Å². The maximum Gasteiger partial charge on any atom is 0.267 e. The summed E-state index contributed by atoms with van der Waals surface area (Å²) in [6.07, 6.45) is -0.637. The molecule has 0 saturated carbocycles. The number of amides is 2. The Morgan fingerprint density at radius 1 is 1.03 bits per heavy atom. The molecule has 2 aromatic carbocycles. The van der Waals surface area contributed by atoms with Crippen molar-refractivity contribution in [3.8, 4) is 11.5 Å². The Balaban J connectivity index is 1.25. The fourth-order valence-electron chi connectivity index (χ4n) is 3.44. The lowest BCUT2D eigenvalue weighted by molar-refractivity contribution is -0.143. The third-order valence-corrected chi connectivity index (χ3v) is 5.18. The number of nitrogens with one attached hydrogen (secondary N) is 1. The van der Waals surface area contributed by atoms with E-state index in [1.807, 2.05) is 23.1 Å². The van der Waals surface area contributed by atoms with E-state index < -0.39 is 6.10 Å². The molecule has 0 aromatic heterocycles. The minimum absolute atomic E-state index is 0.0810. The zero-order valence-corrected chi connectivity index (χ0v) is 16.6. The van der Waals surface area contributed by atoms with Gasteiger partial charge in [-0.25, -0.2) is 0 Å². The number of piperazine rings is 1. The Morgan fingerprint density at radius 2 is 1.79 bits per heavy atom. The summed E-state index contributed by atoms with van der Waals surface area (Å²) in [7, 11) is 0. The van der Waals surface area contributed by atoms with Crippen LogP contribution < -0.4 is 14.8 Å². The topological polar surface area (TPSA) is 71.1 Å². The number of benzene rings is 2. The van der Waals surface area contributed by atoms with Crippen LogP contribution in [0.3, 0.4) is 0 Å². The first-order valence-electron chi connectivity index (χ1n) is 9.53. The quantitative estimate of drug-likeness (QED) is 0.829. The highest BCUT2D eigenvalue weighted by molar-refractivity contribution is 6.30. The van der Waals surface area contributed by atoms with Crippen molar-refractivity contribution in [1.29, 1.82) is 0 Å². The summed E-state index contributed by atoms with van der Waals surface area (Å²) in [5, 5.41) is 3.42. The van der Waals surface area contributed by atoms with E-state index >= 15 is 0 Å². The second-order valence-corrected chi connectivity index (χ2v) is 7.46. The van der Waals surface area contributed by atoms with Gasteiger partial charge in [-0.1, -0.05) is 29.8 Å². The molecule has 1 saturated heterocycles. The zero-order valence-electron chi connectivity index (χ0n) is 15.8. The van der Waals surface area contributed by atoms with E-state index in [4.69, 9.17) is 21.1 Å². The van der Waals surface area contributed by atoms with Gasteiger partial charge in [0.05, 0.1) is 6.54 Å². The van der Waals surface area contributed by atoms with Gasteiger partial charge in [0, 0.05) is 36.9 Å². The first-order valence-corrected chi connectivity index (χ1v) is 9.91. The molecule has 1 fully saturated rings. The van der Waals surface area contributed by atoms with Crippen molar-refractivity contribution in [1.82, 2.24) is 9.80 Å². The van der Waals surface area contributed by atoms with Crippen LogP contribution in [0.25, 0.3) is 0 Å². The third kappa shape index (κ3) is 4.81. The number of carbonyl (C=O) groups is 2. The van der Waals surface area contributed by atoms with Crippen molar-refractivity contribution < 1.29 is 19.1 Å². The number of anilines is 1. The predicted molar refractivity (Wildman–Crippen MR) is 109 cm³/mol. The molecule has 0 spiro atoms. The summed E-state index contributed by atoms with van der Waals surface area (Å²) in [6.45, 7) is 2.82. The fraction of sp³-hybridized carbons (Fsp3) is 0.333. The average molecular weight is 416 g/mol. The monoisotopic (exact) mass is 415 g/mol. The number of ether oxygens (including phenoxy) is 2. The van der Waals surface area contributed by atoms with Crippen LogP contribution >= 0.6 is 11.6 Å². The molecule has 2 heterocycles. The SMILES string of the molecule is O=C(CN1CCN(C(=O)[C@@H]2COc3ccccc3O2)CC1)Nc1cccc(Cl)c1. The molecule has 1 atom stereocenters. The molecule has 1 N–H and O–H groups in total. The third-order valence-electron chi connectivity index (χ3n) is 4.94. The van der Waals surface area contributed by atoms with E-state index in [0.29, 0.717) is 48.4 Å². The van der Waals surface area contributed by atoms with E-state index in [0.717, 1.165) is 0 Å². The van der Waals surface area contributed by atoms with E-state index in [1.165, 1.54) is 0 Å². The molecule has 2 amide bonds. The number of fused-ring (bicyclic) bond motifs is 1. The van der Waals surface area contributed by atoms with Crippen molar-refractivity contribution in [2.45, 2.75) is 6.10 Å². The number of nitrogens with zero attached hydrogens (tertiary/aromatic N) is 2. The summed E-state index contributed by atoms with van der Waals surface area (Å²) in [6, 6.07) is 14.4. The number of carbonyl (C=O) groups excluding carboxylic acids is 2. The van der Waals surface area contributed by atoms with E-state index in [2.05, 4.69) is 5.32 Å². The van der Waals surface area contributed by atoms with Gasteiger partial charge in [0.1, 0.15) is 6.61 Å². The van der Waals surface area contributed by atoms with Crippen LogP contribution in [0.5, 0.6) is 11.5 Å². The van der Waals surface area contributed by atoms with Gasteiger partial charge in [0.15, 0.2) is 11.5 Å². The maximum absolute atomic E-state index is 12.8. The molecule has 2 aliphatic rings. The molecule has 8 heteroatoms. The molecule has 29 heavy (non-hydrogen) atoms. The number of rotatable bonds is 4. The molecule has 0 radical (unpaired) electrons. The van der Waals surface area contributed by atoms with Crippen LogP contribution in [-0.4, -0.2) is 67.0 Å². The van der Waals surface area contributed by atoms with Crippen LogP contribution in [0.15, 0.2) is 48.5 Å². The number of para-hydroxylation sites is 2. The summed E-state index contributed by atoms with van der Waals surface area (Å²) in [5.74, 6) is 1.07. The molecule has 2 aromatic rings. The Labute approximate surface area is 174 Å². The lowest BCUT2D eigenvalue weighted by Gasteiger charge is -2.36. The smallest absolute Gasteiger partial charge is 0.267 e. The van der Waals surface area contributed by atoms with Crippen molar-refractivity contribution in [3.63, 3.8) is 0 Å². The Bertz CT molecular complexity index is 899. The summed E-state index contributed by atoms with van der Waals surface area (Å²) in [4.78, 5) is 28.8.